The lowest BCUT2D eigenvalue weighted by Gasteiger charge is -2.33. The monoisotopic (exact) mass is 414 g/mol. The molecule has 1 aliphatic rings. The van der Waals surface area contributed by atoms with E-state index in [1.807, 2.05) is 11.4 Å². The van der Waals surface area contributed by atoms with Crippen LogP contribution in [0.15, 0.2) is 35.1 Å². The first kappa shape index (κ1) is 17.4. The molecule has 0 unspecified atom stereocenters. The predicted octanol–water partition coefficient (Wildman–Crippen LogP) is 3.58. The molecule has 0 atom stereocenters. The Kier molecular flexibility index (Phi) is 4.91. The van der Waals surface area contributed by atoms with Crippen LogP contribution in [0.3, 0.4) is 0 Å². The van der Waals surface area contributed by atoms with E-state index < -0.39 is 0 Å². The van der Waals surface area contributed by atoms with E-state index in [-0.39, 0.29) is 0 Å². The van der Waals surface area contributed by atoms with Gasteiger partial charge in [0.05, 0.1) is 0 Å². The van der Waals surface area contributed by atoms with E-state index in [0.717, 1.165) is 54.0 Å². The minimum absolute atomic E-state index is 0.448. The number of nitrogens with zero attached hydrogens (tertiary/aromatic N) is 5. The number of anilines is 1. The lowest BCUT2D eigenvalue weighted by atomic mass is 10.0. The van der Waals surface area contributed by atoms with Crippen LogP contribution >= 0.6 is 15.9 Å². The summed E-state index contributed by atoms with van der Waals surface area (Å²) >= 11 is 3.50. The van der Waals surface area contributed by atoms with Crippen LogP contribution in [0.1, 0.15) is 29.7 Å². The van der Waals surface area contributed by atoms with Crippen molar-refractivity contribution < 1.29 is 0 Å². The molecule has 0 saturated carbocycles. The summed E-state index contributed by atoms with van der Waals surface area (Å²) in [6, 6.07) is 9.06. The average Bonchev–Trinajstić information content (AvgIpc) is 3.10. The topological polar surface area (TPSA) is 58.4 Å². The summed E-state index contributed by atoms with van der Waals surface area (Å²) in [5, 5.41) is 8.03. The Labute approximate surface area is 161 Å². The minimum Gasteiger partial charge on any atom is -0.367 e. The van der Waals surface area contributed by atoms with Gasteiger partial charge in [0.15, 0.2) is 0 Å². The summed E-state index contributed by atoms with van der Waals surface area (Å²) in [6.45, 7) is 7.32. The van der Waals surface area contributed by atoms with E-state index in [1.165, 1.54) is 5.56 Å². The van der Waals surface area contributed by atoms with Crippen molar-refractivity contribution >= 4 is 27.5 Å². The molecule has 1 fully saturated rings. The van der Waals surface area contributed by atoms with E-state index in [1.54, 1.807) is 6.33 Å². The van der Waals surface area contributed by atoms with Gasteiger partial charge in [-0.05, 0) is 44.4 Å². The zero-order valence-electron chi connectivity index (χ0n) is 15.1. The molecule has 3 aromatic rings. The Hall–Kier alpha value is -1.99. The maximum absolute atomic E-state index is 4.49. The van der Waals surface area contributed by atoms with Gasteiger partial charge < -0.3 is 5.32 Å². The molecule has 0 aliphatic carbocycles. The standard InChI is InChI=1S/C19H23BrN6/c1-13-14(2)23-19-21-12-22-26(19)18(13)24-17-7-9-25(10-8-17)11-15-3-5-16(20)6-4-15/h3-6,12,17,24H,7-11H2,1-2H3. The van der Waals surface area contributed by atoms with Crippen molar-refractivity contribution in [2.75, 3.05) is 18.4 Å². The maximum Gasteiger partial charge on any atom is 0.254 e. The average molecular weight is 415 g/mol. The molecular formula is C19H23BrN6. The van der Waals surface area contributed by atoms with Gasteiger partial charge in [-0.15, -0.1) is 0 Å². The molecule has 1 aromatic carbocycles. The van der Waals surface area contributed by atoms with Crippen LogP contribution in [0, 0.1) is 13.8 Å². The molecule has 1 N–H and O–H groups in total. The van der Waals surface area contributed by atoms with Gasteiger partial charge in [0.2, 0.25) is 0 Å². The van der Waals surface area contributed by atoms with E-state index in [9.17, 15) is 0 Å². The number of hydrogen-bond donors (Lipinski definition) is 1. The first-order chi connectivity index (χ1) is 12.6. The van der Waals surface area contributed by atoms with Gasteiger partial charge in [0.25, 0.3) is 5.78 Å². The summed E-state index contributed by atoms with van der Waals surface area (Å²) in [5.41, 5.74) is 3.51. The van der Waals surface area contributed by atoms with E-state index in [0.29, 0.717) is 11.8 Å². The molecule has 26 heavy (non-hydrogen) atoms. The molecule has 7 heteroatoms. The van der Waals surface area contributed by atoms with Crippen LogP contribution in [-0.4, -0.2) is 43.6 Å². The molecule has 0 bridgehead atoms. The zero-order chi connectivity index (χ0) is 18.1. The number of halogens is 1. The second-order valence-corrected chi connectivity index (χ2v) is 7.88. The molecule has 4 rings (SSSR count). The molecule has 0 radical (unpaired) electrons. The Bertz CT molecular complexity index is 896. The summed E-state index contributed by atoms with van der Waals surface area (Å²) in [5.74, 6) is 1.68. The van der Waals surface area contributed by atoms with Gasteiger partial charge in [-0.3, -0.25) is 4.90 Å². The molecule has 3 heterocycles. The summed E-state index contributed by atoms with van der Waals surface area (Å²) in [4.78, 5) is 11.2. The van der Waals surface area contributed by atoms with Crippen molar-refractivity contribution in [2.45, 2.75) is 39.3 Å². The Balaban J connectivity index is 1.40. The first-order valence-corrected chi connectivity index (χ1v) is 9.80. The SMILES string of the molecule is Cc1nc2ncnn2c(NC2CCN(Cc3ccc(Br)cc3)CC2)c1C. The summed E-state index contributed by atoms with van der Waals surface area (Å²) < 4.78 is 2.95. The van der Waals surface area contributed by atoms with Crippen LogP contribution in [0.5, 0.6) is 0 Å². The van der Waals surface area contributed by atoms with Crippen molar-refractivity contribution in [2.24, 2.45) is 0 Å². The van der Waals surface area contributed by atoms with Crippen LogP contribution in [0.25, 0.3) is 5.78 Å². The molecule has 1 saturated heterocycles. The second-order valence-electron chi connectivity index (χ2n) is 6.96. The molecule has 1 aliphatic heterocycles. The number of likely N-dealkylation sites (tertiary alicyclic amines) is 1. The minimum atomic E-state index is 0.448. The Morgan fingerprint density at radius 2 is 1.88 bits per heavy atom. The highest BCUT2D eigenvalue weighted by Crippen LogP contribution is 2.23. The second kappa shape index (κ2) is 7.32. The van der Waals surface area contributed by atoms with Crippen molar-refractivity contribution in [3.63, 3.8) is 0 Å². The van der Waals surface area contributed by atoms with Crippen LogP contribution < -0.4 is 5.32 Å². The first-order valence-electron chi connectivity index (χ1n) is 9.00. The third-order valence-corrected chi connectivity index (χ3v) is 5.68. The van der Waals surface area contributed by atoms with E-state index in [2.05, 4.69) is 72.4 Å². The number of nitrogens with one attached hydrogen (secondary N) is 1. The number of benzene rings is 1. The van der Waals surface area contributed by atoms with Gasteiger partial charge in [0.1, 0.15) is 12.1 Å². The fourth-order valence-corrected chi connectivity index (χ4v) is 3.74. The Morgan fingerprint density at radius 1 is 1.15 bits per heavy atom. The van der Waals surface area contributed by atoms with Crippen LogP contribution in [0.4, 0.5) is 5.82 Å². The van der Waals surface area contributed by atoms with E-state index >= 15 is 0 Å². The fraction of sp³-hybridized carbons (Fsp3) is 0.421. The predicted molar refractivity (Wildman–Crippen MR) is 106 cm³/mol. The fourth-order valence-electron chi connectivity index (χ4n) is 3.48. The number of piperidine rings is 1. The quantitative estimate of drug-likeness (QED) is 0.706. The van der Waals surface area contributed by atoms with Gasteiger partial charge in [-0.25, -0.2) is 4.98 Å². The highest BCUT2D eigenvalue weighted by atomic mass is 79.9. The molecule has 2 aromatic heterocycles. The third-order valence-electron chi connectivity index (χ3n) is 5.16. The highest BCUT2D eigenvalue weighted by molar-refractivity contribution is 9.10. The zero-order valence-corrected chi connectivity index (χ0v) is 16.7. The van der Waals surface area contributed by atoms with Crippen molar-refractivity contribution in [1.29, 1.82) is 0 Å². The molecule has 0 spiro atoms. The van der Waals surface area contributed by atoms with Crippen molar-refractivity contribution in [3.05, 3.63) is 51.9 Å². The van der Waals surface area contributed by atoms with Gasteiger partial charge >= 0.3 is 0 Å². The molecule has 0 amide bonds. The highest BCUT2D eigenvalue weighted by Gasteiger charge is 2.21. The molecular weight excluding hydrogens is 392 g/mol. The van der Waals surface area contributed by atoms with Crippen molar-refractivity contribution in [3.8, 4) is 0 Å². The smallest absolute Gasteiger partial charge is 0.254 e. The third kappa shape index (κ3) is 3.59. The van der Waals surface area contributed by atoms with Crippen LogP contribution in [-0.2, 0) is 6.54 Å². The van der Waals surface area contributed by atoms with Gasteiger partial charge in [-0.2, -0.15) is 14.6 Å². The van der Waals surface area contributed by atoms with Gasteiger partial charge in [0, 0.05) is 41.4 Å². The molecule has 136 valence electrons. The van der Waals surface area contributed by atoms with E-state index in [4.69, 9.17) is 0 Å². The maximum atomic E-state index is 4.49. The summed E-state index contributed by atoms with van der Waals surface area (Å²) in [6.07, 6.45) is 3.80. The summed E-state index contributed by atoms with van der Waals surface area (Å²) in [7, 11) is 0. The number of hydrogen-bond acceptors (Lipinski definition) is 5. The number of fused-ring (bicyclic) bond motifs is 1. The van der Waals surface area contributed by atoms with Gasteiger partial charge in [-0.1, -0.05) is 28.1 Å². The normalized spacial score (nSPS) is 16.3. The number of rotatable bonds is 4. The van der Waals surface area contributed by atoms with Crippen molar-refractivity contribution in [1.82, 2.24) is 24.5 Å². The lowest BCUT2D eigenvalue weighted by Crippen LogP contribution is -2.39. The van der Waals surface area contributed by atoms with Crippen LogP contribution in [0.2, 0.25) is 0 Å². The Morgan fingerprint density at radius 3 is 2.62 bits per heavy atom. The number of aryl methyl sites for hydroxylation is 1. The lowest BCUT2D eigenvalue weighted by molar-refractivity contribution is 0.211. The molecule has 6 nitrogen and oxygen atoms in total. The number of aromatic nitrogens is 4. The largest absolute Gasteiger partial charge is 0.367 e.